The summed E-state index contributed by atoms with van der Waals surface area (Å²) < 4.78 is 51.4. The van der Waals surface area contributed by atoms with Gasteiger partial charge in [-0.3, -0.25) is 5.84 Å². The van der Waals surface area contributed by atoms with E-state index in [1.165, 1.54) is 17.4 Å². The van der Waals surface area contributed by atoms with Crippen LogP contribution >= 0.6 is 11.3 Å². The van der Waals surface area contributed by atoms with Crippen LogP contribution in [-0.4, -0.2) is 4.98 Å². The molecule has 1 aromatic carbocycles. The van der Waals surface area contributed by atoms with Crippen LogP contribution in [-0.2, 0) is 6.18 Å². The van der Waals surface area contributed by atoms with Crippen molar-refractivity contribution in [2.24, 2.45) is 5.84 Å². The van der Waals surface area contributed by atoms with E-state index in [-0.39, 0.29) is 0 Å². The molecule has 3 N–H and O–H groups in total. The van der Waals surface area contributed by atoms with Gasteiger partial charge < -0.3 is 0 Å². The molecule has 21 heavy (non-hydrogen) atoms. The fourth-order valence-electron chi connectivity index (χ4n) is 2.08. The highest BCUT2D eigenvalue weighted by atomic mass is 32.1. The number of aromatic nitrogens is 1. The zero-order valence-corrected chi connectivity index (χ0v) is 12.1. The lowest BCUT2D eigenvalue weighted by molar-refractivity contribution is -0.140. The van der Waals surface area contributed by atoms with E-state index in [1.807, 2.05) is 6.92 Å². The Labute approximate surface area is 122 Å². The van der Waals surface area contributed by atoms with Crippen molar-refractivity contribution in [2.75, 3.05) is 0 Å². The van der Waals surface area contributed by atoms with Crippen LogP contribution in [0.15, 0.2) is 18.2 Å². The summed E-state index contributed by atoms with van der Waals surface area (Å²) in [6.45, 7) is 3.58. The Morgan fingerprint density at radius 1 is 1.29 bits per heavy atom. The first kappa shape index (κ1) is 15.9. The van der Waals surface area contributed by atoms with E-state index in [0.717, 1.165) is 22.0 Å². The molecule has 1 atom stereocenters. The average molecular weight is 319 g/mol. The van der Waals surface area contributed by atoms with Crippen molar-refractivity contribution in [3.05, 3.63) is 50.7 Å². The van der Waals surface area contributed by atoms with Crippen molar-refractivity contribution >= 4 is 11.3 Å². The molecule has 0 bridgehead atoms. The maximum absolute atomic E-state index is 13.7. The molecule has 1 aromatic heterocycles. The molecule has 0 aliphatic heterocycles. The van der Waals surface area contributed by atoms with E-state index in [2.05, 4.69) is 10.4 Å². The smallest absolute Gasteiger partial charge is 0.271 e. The summed E-state index contributed by atoms with van der Waals surface area (Å²) in [6, 6.07) is 2.18. The third-order valence-corrected chi connectivity index (χ3v) is 4.14. The Morgan fingerprint density at radius 3 is 2.38 bits per heavy atom. The van der Waals surface area contributed by atoms with Gasteiger partial charge in [-0.15, -0.1) is 11.3 Å². The van der Waals surface area contributed by atoms with Crippen LogP contribution in [0.1, 0.15) is 32.7 Å². The molecule has 114 valence electrons. The number of halogens is 4. The maximum atomic E-state index is 13.7. The molecule has 2 rings (SSSR count). The Morgan fingerprint density at radius 2 is 1.95 bits per heavy atom. The monoisotopic (exact) mass is 319 g/mol. The molecule has 3 nitrogen and oxygen atoms in total. The second-order valence-electron chi connectivity index (χ2n) is 4.52. The van der Waals surface area contributed by atoms with E-state index in [9.17, 15) is 17.6 Å². The molecule has 0 spiro atoms. The quantitative estimate of drug-likeness (QED) is 0.517. The largest absolute Gasteiger partial charge is 0.419 e. The van der Waals surface area contributed by atoms with Gasteiger partial charge in [0.25, 0.3) is 0 Å². The Kier molecular flexibility index (Phi) is 4.31. The molecule has 8 heteroatoms. The highest BCUT2D eigenvalue weighted by Gasteiger charge is 2.34. The van der Waals surface area contributed by atoms with Crippen LogP contribution < -0.4 is 11.3 Å². The Balaban J connectivity index is 2.45. The Bertz CT molecular complexity index is 651. The van der Waals surface area contributed by atoms with Gasteiger partial charge >= 0.3 is 6.18 Å². The number of hydrogen-bond acceptors (Lipinski definition) is 4. The minimum Gasteiger partial charge on any atom is -0.271 e. The molecule has 0 fully saturated rings. The minimum atomic E-state index is -4.72. The van der Waals surface area contributed by atoms with Crippen LogP contribution in [0.5, 0.6) is 0 Å². The molecule has 0 aliphatic rings. The van der Waals surface area contributed by atoms with Crippen LogP contribution in [0, 0.1) is 19.7 Å². The summed E-state index contributed by atoms with van der Waals surface area (Å²) in [7, 11) is 0. The molecular weight excluding hydrogens is 306 g/mol. The molecular formula is C13H13F4N3S. The van der Waals surface area contributed by atoms with Crippen LogP contribution in [0.3, 0.4) is 0 Å². The third-order valence-electron chi connectivity index (χ3n) is 3.00. The molecule has 2 aromatic rings. The van der Waals surface area contributed by atoms with Gasteiger partial charge in [-0.1, -0.05) is 6.07 Å². The number of rotatable bonds is 3. The fraction of sp³-hybridized carbons (Fsp3) is 0.308. The lowest BCUT2D eigenvalue weighted by Crippen LogP contribution is -2.29. The Hall–Kier alpha value is -1.51. The number of aryl methyl sites for hydroxylation is 2. The van der Waals surface area contributed by atoms with Crippen molar-refractivity contribution in [1.82, 2.24) is 10.4 Å². The molecule has 1 heterocycles. The molecule has 0 aliphatic carbocycles. The van der Waals surface area contributed by atoms with Crippen molar-refractivity contribution < 1.29 is 17.6 Å². The number of thiazole rings is 1. The van der Waals surface area contributed by atoms with Gasteiger partial charge in [0.15, 0.2) is 0 Å². The second kappa shape index (κ2) is 5.70. The number of benzene rings is 1. The zero-order valence-electron chi connectivity index (χ0n) is 11.3. The number of hydrogen-bond donors (Lipinski definition) is 2. The highest BCUT2D eigenvalue weighted by molar-refractivity contribution is 7.11. The maximum Gasteiger partial charge on any atom is 0.419 e. The van der Waals surface area contributed by atoms with Gasteiger partial charge in [0.2, 0.25) is 0 Å². The predicted octanol–water partition coefficient (Wildman–Crippen LogP) is 3.47. The standard InChI is InChI=1S/C13H13F4N3S/c1-6-12(21-7(2)19-6)11(20-18)8-3-4-9(10(14)5-8)13(15,16)17/h3-5,11,20H,18H2,1-2H3. The van der Waals surface area contributed by atoms with E-state index in [1.54, 1.807) is 6.92 Å². The van der Waals surface area contributed by atoms with Gasteiger partial charge in [-0.05, 0) is 31.5 Å². The number of hydrazine groups is 1. The predicted molar refractivity (Wildman–Crippen MR) is 72.2 cm³/mol. The lowest BCUT2D eigenvalue weighted by Gasteiger charge is -2.17. The first-order valence-corrected chi connectivity index (χ1v) is 6.82. The first-order valence-electron chi connectivity index (χ1n) is 6.00. The average Bonchev–Trinajstić information content (AvgIpc) is 2.68. The number of alkyl halides is 3. The van der Waals surface area contributed by atoms with Gasteiger partial charge in [0, 0.05) is 0 Å². The summed E-state index contributed by atoms with van der Waals surface area (Å²) in [6.07, 6.45) is -4.72. The van der Waals surface area contributed by atoms with E-state index in [0.29, 0.717) is 11.3 Å². The summed E-state index contributed by atoms with van der Waals surface area (Å²) in [5, 5.41) is 0.801. The van der Waals surface area contributed by atoms with Crippen molar-refractivity contribution in [3.8, 4) is 0 Å². The van der Waals surface area contributed by atoms with E-state index < -0.39 is 23.6 Å². The fourth-order valence-corrected chi connectivity index (χ4v) is 3.10. The number of nitrogens with zero attached hydrogens (tertiary/aromatic N) is 1. The van der Waals surface area contributed by atoms with Gasteiger partial charge in [0.05, 0.1) is 27.2 Å². The summed E-state index contributed by atoms with van der Waals surface area (Å²) in [5.41, 5.74) is 2.23. The van der Waals surface area contributed by atoms with Gasteiger partial charge in [-0.2, -0.15) is 13.2 Å². The van der Waals surface area contributed by atoms with Crippen molar-refractivity contribution in [1.29, 1.82) is 0 Å². The summed E-state index contributed by atoms with van der Waals surface area (Å²) in [4.78, 5) is 4.98. The van der Waals surface area contributed by atoms with Crippen LogP contribution in [0.4, 0.5) is 17.6 Å². The molecule has 0 radical (unpaired) electrons. The summed E-state index contributed by atoms with van der Waals surface area (Å²) in [5.74, 6) is 4.15. The normalized spacial score (nSPS) is 13.5. The molecule has 0 saturated heterocycles. The third kappa shape index (κ3) is 3.22. The van der Waals surface area contributed by atoms with E-state index >= 15 is 0 Å². The number of nitrogens with two attached hydrogens (primary N) is 1. The number of nitrogens with one attached hydrogen (secondary N) is 1. The molecule has 0 saturated carbocycles. The lowest BCUT2D eigenvalue weighted by atomic mass is 10.0. The van der Waals surface area contributed by atoms with Gasteiger partial charge in [-0.25, -0.2) is 14.8 Å². The van der Waals surface area contributed by atoms with Crippen molar-refractivity contribution in [3.63, 3.8) is 0 Å². The summed E-state index contributed by atoms with van der Waals surface area (Å²) >= 11 is 1.36. The second-order valence-corrected chi connectivity index (χ2v) is 5.75. The zero-order chi connectivity index (χ0) is 15.8. The highest BCUT2D eigenvalue weighted by Crippen LogP contribution is 2.34. The molecule has 0 amide bonds. The van der Waals surface area contributed by atoms with Crippen LogP contribution in [0.25, 0.3) is 0 Å². The van der Waals surface area contributed by atoms with Crippen molar-refractivity contribution in [2.45, 2.75) is 26.1 Å². The minimum absolute atomic E-state index is 0.315. The van der Waals surface area contributed by atoms with E-state index in [4.69, 9.17) is 5.84 Å². The first-order chi connectivity index (χ1) is 9.74. The van der Waals surface area contributed by atoms with Gasteiger partial charge in [0.1, 0.15) is 5.82 Å². The topological polar surface area (TPSA) is 50.9 Å². The van der Waals surface area contributed by atoms with Crippen LogP contribution in [0.2, 0.25) is 0 Å². The SMILES string of the molecule is Cc1nc(C)c(C(NN)c2ccc(C(F)(F)F)c(F)c2)s1. The molecule has 1 unspecified atom stereocenters.